The first kappa shape index (κ1) is 22.3. The molecule has 176 valence electrons. The second-order valence-electron chi connectivity index (χ2n) is 8.72. The second-order valence-corrected chi connectivity index (χ2v) is 8.72. The topological polar surface area (TPSA) is 101 Å². The highest BCUT2D eigenvalue weighted by atomic mass is 16.5. The van der Waals surface area contributed by atoms with E-state index in [9.17, 15) is 0 Å². The number of methoxy groups -OCH3 is 1. The van der Waals surface area contributed by atoms with Crippen molar-refractivity contribution in [1.82, 2.24) is 34.7 Å². The van der Waals surface area contributed by atoms with Crippen LogP contribution >= 0.6 is 0 Å². The third-order valence-corrected chi connectivity index (χ3v) is 6.19. The fourth-order valence-corrected chi connectivity index (χ4v) is 3.96. The van der Waals surface area contributed by atoms with Gasteiger partial charge in [0.25, 0.3) is 0 Å². The summed E-state index contributed by atoms with van der Waals surface area (Å²) in [5, 5.41) is 4.39. The maximum absolute atomic E-state index is 5.72. The van der Waals surface area contributed by atoms with Crippen molar-refractivity contribution >= 4 is 11.2 Å². The molecule has 0 spiro atoms. The normalized spacial score (nSPS) is 17.8. The molecular formula is C25H29N7O2. The zero-order valence-corrected chi connectivity index (χ0v) is 19.8. The lowest BCUT2D eigenvalue weighted by atomic mass is 10.0. The lowest BCUT2D eigenvalue weighted by Crippen LogP contribution is -2.10. The number of nitrogens with zero attached hydrogens (tertiary/aromatic N) is 7. The number of pyridine rings is 1. The quantitative estimate of drug-likeness (QED) is 0.438. The molecule has 34 heavy (non-hydrogen) atoms. The van der Waals surface area contributed by atoms with Crippen LogP contribution in [0.3, 0.4) is 0 Å². The summed E-state index contributed by atoms with van der Waals surface area (Å²) in [6.07, 6.45) is 13.9. The number of aryl methyl sites for hydroxylation is 2. The van der Waals surface area contributed by atoms with E-state index in [2.05, 4.69) is 40.9 Å². The third-order valence-electron chi connectivity index (χ3n) is 6.19. The molecule has 0 unspecified atom stereocenters. The summed E-state index contributed by atoms with van der Waals surface area (Å²) in [6.45, 7) is 4.75. The Morgan fingerprint density at radius 3 is 2.53 bits per heavy atom. The summed E-state index contributed by atoms with van der Waals surface area (Å²) in [5.41, 5.74) is 5.87. The monoisotopic (exact) mass is 459 g/mol. The van der Waals surface area contributed by atoms with Gasteiger partial charge in [-0.05, 0) is 52.0 Å². The molecule has 0 radical (unpaired) electrons. The van der Waals surface area contributed by atoms with E-state index in [-0.39, 0.29) is 0 Å². The van der Waals surface area contributed by atoms with Gasteiger partial charge < -0.3 is 9.47 Å². The minimum absolute atomic E-state index is 0.316. The molecule has 1 saturated carbocycles. The highest BCUT2D eigenvalue weighted by molar-refractivity contribution is 5.86. The lowest BCUT2D eigenvalue weighted by Gasteiger charge is -2.21. The fourth-order valence-electron chi connectivity index (χ4n) is 3.96. The van der Waals surface area contributed by atoms with Gasteiger partial charge in [0.05, 0.1) is 36.8 Å². The lowest BCUT2D eigenvalue weighted by molar-refractivity contribution is 0.0149. The molecule has 0 bridgehead atoms. The summed E-state index contributed by atoms with van der Waals surface area (Å²) >= 11 is 0. The molecule has 1 atom stereocenters. The predicted octanol–water partition coefficient (Wildman–Crippen LogP) is 4.57. The van der Waals surface area contributed by atoms with Gasteiger partial charge in [0.2, 0.25) is 5.88 Å². The highest BCUT2D eigenvalue weighted by Gasteiger charge is 2.26. The van der Waals surface area contributed by atoms with Crippen LogP contribution < -0.4 is 4.74 Å². The van der Waals surface area contributed by atoms with Crippen molar-refractivity contribution in [3.05, 3.63) is 54.0 Å². The van der Waals surface area contributed by atoms with E-state index < -0.39 is 0 Å². The van der Waals surface area contributed by atoms with Gasteiger partial charge in [-0.25, -0.2) is 24.9 Å². The summed E-state index contributed by atoms with van der Waals surface area (Å²) in [6, 6.07) is 4.37. The van der Waals surface area contributed by atoms with E-state index >= 15 is 0 Å². The maximum atomic E-state index is 5.72. The molecule has 9 heteroatoms. The van der Waals surface area contributed by atoms with Gasteiger partial charge >= 0.3 is 0 Å². The molecule has 0 N–H and O–H groups in total. The summed E-state index contributed by atoms with van der Waals surface area (Å²) < 4.78 is 12.9. The Morgan fingerprint density at radius 1 is 0.971 bits per heavy atom. The minimum Gasteiger partial charge on any atom is -0.481 e. The van der Waals surface area contributed by atoms with E-state index in [4.69, 9.17) is 9.47 Å². The smallest absolute Gasteiger partial charge is 0.212 e. The van der Waals surface area contributed by atoms with Crippen molar-refractivity contribution in [1.29, 1.82) is 0 Å². The Hall–Kier alpha value is -3.46. The van der Waals surface area contributed by atoms with Crippen molar-refractivity contribution in [2.75, 3.05) is 13.7 Å². The molecule has 4 aromatic heterocycles. The van der Waals surface area contributed by atoms with Crippen molar-refractivity contribution in [3.63, 3.8) is 0 Å². The average Bonchev–Trinajstić information content (AvgIpc) is 3.62. The molecule has 1 saturated heterocycles. The van der Waals surface area contributed by atoms with Crippen molar-refractivity contribution in [2.45, 2.75) is 58.1 Å². The number of ether oxygens (including phenoxy) is 2. The van der Waals surface area contributed by atoms with Crippen LogP contribution in [0.4, 0.5) is 0 Å². The van der Waals surface area contributed by atoms with Crippen LogP contribution in [-0.2, 0) is 4.74 Å². The molecule has 1 aliphatic carbocycles. The second kappa shape index (κ2) is 9.80. The number of rotatable bonds is 4. The molecule has 5 heterocycles. The minimum atomic E-state index is 0.316. The molecule has 1 aliphatic heterocycles. The molecule has 2 fully saturated rings. The van der Waals surface area contributed by atoms with E-state index in [0.29, 0.717) is 29.2 Å². The van der Waals surface area contributed by atoms with Gasteiger partial charge in [-0.1, -0.05) is 0 Å². The molecule has 0 amide bonds. The molecule has 4 aromatic rings. The van der Waals surface area contributed by atoms with E-state index in [0.717, 1.165) is 35.7 Å². The molecule has 0 aromatic carbocycles. The van der Waals surface area contributed by atoms with Crippen molar-refractivity contribution in [3.8, 4) is 17.1 Å². The fraction of sp³-hybridized carbons (Fsp3) is 0.440. The van der Waals surface area contributed by atoms with Gasteiger partial charge in [-0.15, -0.1) is 0 Å². The zero-order chi connectivity index (χ0) is 23.5. The molecule has 6 rings (SSSR count). The maximum Gasteiger partial charge on any atom is 0.212 e. The van der Waals surface area contributed by atoms with Crippen molar-refractivity contribution < 1.29 is 9.47 Å². The SMILES string of the molecule is COc1ccc(-c2ncnc3nc(C)c(C)nc23)cn1.c1nn(C2CC2)cc1[C@H]1CCCCO1. The van der Waals surface area contributed by atoms with Gasteiger partial charge in [0, 0.05) is 36.2 Å². The van der Waals surface area contributed by atoms with Crippen molar-refractivity contribution in [2.24, 2.45) is 0 Å². The van der Waals surface area contributed by atoms with Gasteiger partial charge in [-0.2, -0.15) is 5.10 Å². The Labute approximate surface area is 198 Å². The van der Waals surface area contributed by atoms with Crippen LogP contribution in [0.5, 0.6) is 5.88 Å². The van der Waals surface area contributed by atoms with E-state index in [1.807, 2.05) is 26.1 Å². The summed E-state index contributed by atoms with van der Waals surface area (Å²) in [5.74, 6) is 0.560. The number of hydrogen-bond acceptors (Lipinski definition) is 8. The predicted molar refractivity (Wildman–Crippen MR) is 127 cm³/mol. The van der Waals surface area contributed by atoms with Crippen LogP contribution in [0.2, 0.25) is 0 Å². The van der Waals surface area contributed by atoms with Crippen LogP contribution in [0.1, 0.15) is 61.2 Å². The Bertz CT molecular complexity index is 1260. The standard InChI is InChI=1S/C14H13N5O.C11H16N2O/c1-8-9(2)19-14-13(18-8)12(16-7-17-14)10-4-5-11(20-3)15-6-10;1-2-6-14-11(3-1)9-7-12-13(8-9)10-4-5-10/h4-7H,1-3H3;7-8,10-11H,1-6H2/t;11-/m.1/s1. The number of fused-ring (bicyclic) bond motifs is 1. The van der Waals surface area contributed by atoms with Gasteiger partial charge in [0.1, 0.15) is 17.5 Å². The van der Waals surface area contributed by atoms with Crippen LogP contribution in [0.25, 0.3) is 22.4 Å². The number of aromatic nitrogens is 7. The molecular weight excluding hydrogens is 430 g/mol. The van der Waals surface area contributed by atoms with Gasteiger partial charge in [-0.3, -0.25) is 4.68 Å². The van der Waals surface area contributed by atoms with E-state index in [1.54, 1.807) is 19.4 Å². The zero-order valence-electron chi connectivity index (χ0n) is 19.8. The number of hydrogen-bond donors (Lipinski definition) is 0. The molecule has 2 aliphatic rings. The van der Waals surface area contributed by atoms with E-state index in [1.165, 1.54) is 37.6 Å². The van der Waals surface area contributed by atoms with Crippen LogP contribution in [0.15, 0.2) is 37.1 Å². The Kier molecular flexibility index (Phi) is 6.44. The average molecular weight is 460 g/mol. The summed E-state index contributed by atoms with van der Waals surface area (Å²) in [7, 11) is 1.58. The highest BCUT2D eigenvalue weighted by Crippen LogP contribution is 2.35. The first-order chi connectivity index (χ1) is 16.6. The Balaban J connectivity index is 0.000000150. The van der Waals surface area contributed by atoms with Gasteiger partial charge in [0.15, 0.2) is 5.65 Å². The molecule has 9 nitrogen and oxygen atoms in total. The van der Waals surface area contributed by atoms with Crippen LogP contribution in [-0.4, -0.2) is 48.4 Å². The largest absolute Gasteiger partial charge is 0.481 e. The summed E-state index contributed by atoms with van der Waals surface area (Å²) in [4.78, 5) is 21.7. The first-order valence-electron chi connectivity index (χ1n) is 11.7. The Morgan fingerprint density at radius 2 is 1.82 bits per heavy atom. The third kappa shape index (κ3) is 4.89. The van der Waals surface area contributed by atoms with Crippen LogP contribution in [0, 0.1) is 13.8 Å². The first-order valence-corrected chi connectivity index (χ1v) is 11.7.